The highest BCUT2D eigenvalue weighted by molar-refractivity contribution is 7.23. The summed E-state index contributed by atoms with van der Waals surface area (Å²) in [5.41, 5.74) is 3.54. The Balaban J connectivity index is 1.91. The summed E-state index contributed by atoms with van der Waals surface area (Å²) in [6.07, 6.45) is 3.31. The van der Waals surface area contributed by atoms with Gasteiger partial charge < -0.3 is 0 Å². The Labute approximate surface area is 139 Å². The molecule has 0 aliphatic rings. The fraction of sp³-hybridized carbons (Fsp3) is 0.0588. The molecule has 4 aromatic heterocycles. The third-order valence-corrected chi connectivity index (χ3v) is 5.03. The zero-order valence-corrected chi connectivity index (χ0v) is 13.5. The second-order valence-corrected chi connectivity index (χ2v) is 6.56. The minimum absolute atomic E-state index is 0.0990. The number of benzene rings is 1. The molecule has 0 saturated carbocycles. The normalized spacial score (nSPS) is 11.7. The van der Waals surface area contributed by atoms with Gasteiger partial charge in [0.1, 0.15) is 0 Å². The first-order chi connectivity index (χ1) is 11.7. The quantitative estimate of drug-likeness (QED) is 0.473. The van der Waals surface area contributed by atoms with Crippen LogP contribution < -0.4 is 5.56 Å². The van der Waals surface area contributed by atoms with Crippen LogP contribution in [-0.2, 0) is 0 Å². The molecular formula is C17H11N5OS. The van der Waals surface area contributed by atoms with Crippen LogP contribution in [-0.4, -0.2) is 24.0 Å². The first-order valence-electron chi connectivity index (χ1n) is 7.43. The van der Waals surface area contributed by atoms with E-state index in [4.69, 9.17) is 0 Å². The van der Waals surface area contributed by atoms with Gasteiger partial charge in [-0.15, -0.1) is 0 Å². The molecule has 0 atom stereocenters. The van der Waals surface area contributed by atoms with Crippen molar-refractivity contribution in [3.63, 3.8) is 0 Å². The van der Waals surface area contributed by atoms with Crippen molar-refractivity contribution in [2.45, 2.75) is 6.92 Å². The van der Waals surface area contributed by atoms with Gasteiger partial charge in [0.05, 0.1) is 27.2 Å². The molecule has 4 heterocycles. The molecule has 1 aromatic carbocycles. The van der Waals surface area contributed by atoms with E-state index in [1.807, 2.05) is 37.3 Å². The van der Waals surface area contributed by atoms with Crippen molar-refractivity contribution in [3.05, 3.63) is 64.8 Å². The SMILES string of the molecule is Cc1cc2nccc(-c3cnc4sc5ccccc5n4c3=O)n2n1. The number of aryl methyl sites for hydroxylation is 1. The van der Waals surface area contributed by atoms with E-state index in [2.05, 4.69) is 15.1 Å². The molecule has 0 aliphatic heterocycles. The van der Waals surface area contributed by atoms with Crippen LogP contribution in [0.5, 0.6) is 0 Å². The summed E-state index contributed by atoms with van der Waals surface area (Å²) in [6, 6.07) is 11.5. The van der Waals surface area contributed by atoms with Gasteiger partial charge in [-0.1, -0.05) is 23.5 Å². The molecule has 0 spiro atoms. The zero-order valence-electron chi connectivity index (χ0n) is 12.7. The molecular weight excluding hydrogens is 322 g/mol. The molecule has 0 fully saturated rings. The number of rotatable bonds is 1. The summed E-state index contributed by atoms with van der Waals surface area (Å²) >= 11 is 1.50. The highest BCUT2D eigenvalue weighted by atomic mass is 32.1. The van der Waals surface area contributed by atoms with E-state index in [0.29, 0.717) is 21.9 Å². The summed E-state index contributed by atoms with van der Waals surface area (Å²) in [5.74, 6) is 0. The van der Waals surface area contributed by atoms with E-state index >= 15 is 0 Å². The highest BCUT2D eigenvalue weighted by Gasteiger charge is 2.15. The Morgan fingerprint density at radius 2 is 2.00 bits per heavy atom. The van der Waals surface area contributed by atoms with Gasteiger partial charge in [-0.05, 0) is 25.1 Å². The van der Waals surface area contributed by atoms with Crippen LogP contribution in [0, 0.1) is 6.92 Å². The highest BCUT2D eigenvalue weighted by Crippen LogP contribution is 2.25. The summed E-state index contributed by atoms with van der Waals surface area (Å²) < 4.78 is 4.39. The molecule has 0 bridgehead atoms. The molecule has 0 unspecified atom stereocenters. The number of thiazole rings is 1. The van der Waals surface area contributed by atoms with Crippen molar-refractivity contribution in [2.75, 3.05) is 0 Å². The van der Waals surface area contributed by atoms with Gasteiger partial charge in [0.25, 0.3) is 5.56 Å². The molecule has 5 rings (SSSR count). The van der Waals surface area contributed by atoms with Crippen molar-refractivity contribution >= 4 is 32.2 Å². The Morgan fingerprint density at radius 1 is 1.12 bits per heavy atom. The second-order valence-electron chi connectivity index (χ2n) is 5.55. The lowest BCUT2D eigenvalue weighted by Gasteiger charge is -2.04. The molecule has 7 heteroatoms. The summed E-state index contributed by atoms with van der Waals surface area (Å²) in [5, 5.41) is 4.44. The topological polar surface area (TPSA) is 64.6 Å². The maximum Gasteiger partial charge on any atom is 0.268 e. The predicted molar refractivity (Wildman–Crippen MR) is 93.6 cm³/mol. The minimum Gasteiger partial charge on any atom is -0.268 e. The molecule has 0 amide bonds. The summed E-state index contributed by atoms with van der Waals surface area (Å²) in [4.78, 5) is 22.6. The molecule has 5 aromatic rings. The van der Waals surface area contributed by atoms with Gasteiger partial charge in [0.15, 0.2) is 10.6 Å². The Bertz CT molecular complexity index is 1300. The Hall–Kier alpha value is -3.06. The van der Waals surface area contributed by atoms with Crippen LogP contribution in [0.15, 0.2) is 53.6 Å². The Kier molecular flexibility index (Phi) is 2.63. The van der Waals surface area contributed by atoms with Gasteiger partial charge in [0.2, 0.25) is 0 Å². The lowest BCUT2D eigenvalue weighted by Crippen LogP contribution is -2.16. The lowest BCUT2D eigenvalue weighted by atomic mass is 10.2. The monoisotopic (exact) mass is 333 g/mol. The van der Waals surface area contributed by atoms with Crippen molar-refractivity contribution in [2.24, 2.45) is 0 Å². The average molecular weight is 333 g/mol. The number of aromatic nitrogens is 5. The smallest absolute Gasteiger partial charge is 0.268 e. The molecule has 0 radical (unpaired) electrons. The number of para-hydroxylation sites is 1. The van der Waals surface area contributed by atoms with Crippen LogP contribution in [0.2, 0.25) is 0 Å². The number of fused-ring (bicyclic) bond motifs is 4. The van der Waals surface area contributed by atoms with E-state index in [0.717, 1.165) is 15.9 Å². The number of hydrogen-bond donors (Lipinski definition) is 0. The largest absolute Gasteiger partial charge is 0.268 e. The van der Waals surface area contributed by atoms with E-state index in [-0.39, 0.29) is 5.56 Å². The molecule has 24 heavy (non-hydrogen) atoms. The van der Waals surface area contributed by atoms with Crippen molar-refractivity contribution < 1.29 is 0 Å². The van der Waals surface area contributed by atoms with Crippen LogP contribution in [0.3, 0.4) is 0 Å². The molecule has 6 nitrogen and oxygen atoms in total. The van der Waals surface area contributed by atoms with Crippen molar-refractivity contribution in [3.8, 4) is 11.3 Å². The fourth-order valence-electron chi connectivity index (χ4n) is 2.94. The molecule has 0 N–H and O–H groups in total. The van der Waals surface area contributed by atoms with Crippen LogP contribution >= 0.6 is 11.3 Å². The third kappa shape index (κ3) is 1.75. The Morgan fingerprint density at radius 3 is 2.92 bits per heavy atom. The molecule has 116 valence electrons. The fourth-order valence-corrected chi connectivity index (χ4v) is 3.93. The average Bonchev–Trinajstić information content (AvgIpc) is 3.14. The van der Waals surface area contributed by atoms with E-state index in [9.17, 15) is 4.79 Å². The lowest BCUT2D eigenvalue weighted by molar-refractivity contribution is 0.919. The van der Waals surface area contributed by atoms with E-state index < -0.39 is 0 Å². The first kappa shape index (κ1) is 13.4. The van der Waals surface area contributed by atoms with Gasteiger partial charge in [0, 0.05) is 18.5 Å². The van der Waals surface area contributed by atoms with Crippen LogP contribution in [0.1, 0.15) is 5.69 Å². The number of nitrogens with zero attached hydrogens (tertiary/aromatic N) is 5. The molecule has 0 saturated heterocycles. The minimum atomic E-state index is -0.0990. The van der Waals surface area contributed by atoms with E-state index in [1.54, 1.807) is 27.4 Å². The van der Waals surface area contributed by atoms with Gasteiger partial charge in [-0.3, -0.25) is 9.20 Å². The van der Waals surface area contributed by atoms with Gasteiger partial charge in [-0.25, -0.2) is 14.5 Å². The standard InChI is InChI=1S/C17H11N5OS/c1-10-8-15-18-7-6-12(22(15)20-10)11-9-19-17-21(16(11)23)13-4-2-3-5-14(13)24-17/h2-9H,1H3. The third-order valence-electron chi connectivity index (χ3n) is 3.99. The van der Waals surface area contributed by atoms with Gasteiger partial charge >= 0.3 is 0 Å². The number of hydrogen-bond acceptors (Lipinski definition) is 5. The maximum absolute atomic E-state index is 13.1. The van der Waals surface area contributed by atoms with Gasteiger partial charge in [-0.2, -0.15) is 5.10 Å². The summed E-state index contributed by atoms with van der Waals surface area (Å²) in [7, 11) is 0. The molecule has 0 aliphatic carbocycles. The van der Waals surface area contributed by atoms with Crippen molar-refractivity contribution in [1.82, 2.24) is 24.0 Å². The zero-order chi connectivity index (χ0) is 16.3. The maximum atomic E-state index is 13.1. The van der Waals surface area contributed by atoms with Crippen LogP contribution in [0.25, 0.3) is 32.1 Å². The second kappa shape index (κ2) is 4.72. The first-order valence-corrected chi connectivity index (χ1v) is 8.25. The van der Waals surface area contributed by atoms with Crippen molar-refractivity contribution in [1.29, 1.82) is 0 Å². The van der Waals surface area contributed by atoms with Crippen LogP contribution in [0.4, 0.5) is 0 Å². The summed E-state index contributed by atoms with van der Waals surface area (Å²) in [6.45, 7) is 1.90. The predicted octanol–water partition coefficient (Wildman–Crippen LogP) is 2.93. The van der Waals surface area contributed by atoms with E-state index in [1.165, 1.54) is 11.3 Å².